The Bertz CT molecular complexity index is 821. The van der Waals surface area contributed by atoms with E-state index in [4.69, 9.17) is 0 Å². The summed E-state index contributed by atoms with van der Waals surface area (Å²) in [5.41, 5.74) is 3.69. The van der Waals surface area contributed by atoms with E-state index in [9.17, 15) is 9.90 Å². The molecule has 3 heterocycles. The van der Waals surface area contributed by atoms with Crippen molar-refractivity contribution in [3.8, 4) is 0 Å². The summed E-state index contributed by atoms with van der Waals surface area (Å²) >= 11 is 0. The molecule has 154 valence electrons. The van der Waals surface area contributed by atoms with Crippen LogP contribution in [-0.4, -0.2) is 77.7 Å². The lowest BCUT2D eigenvalue weighted by atomic mass is 9.97. The molecule has 2 saturated heterocycles. The van der Waals surface area contributed by atoms with Gasteiger partial charge in [0.1, 0.15) is 0 Å². The number of aliphatic hydroxyl groups excluding tert-OH is 1. The summed E-state index contributed by atoms with van der Waals surface area (Å²) in [4.78, 5) is 23.3. The van der Waals surface area contributed by atoms with E-state index in [1.807, 2.05) is 17.0 Å². The highest BCUT2D eigenvalue weighted by atomic mass is 16.3. The third kappa shape index (κ3) is 4.95. The summed E-state index contributed by atoms with van der Waals surface area (Å²) in [6, 6.07) is 12.5. The summed E-state index contributed by atoms with van der Waals surface area (Å²) in [5, 5.41) is 10.4. The number of aromatic nitrogens is 1. The van der Waals surface area contributed by atoms with E-state index in [1.165, 1.54) is 11.3 Å². The first-order chi connectivity index (χ1) is 14.1. The molecule has 1 amide bonds. The minimum atomic E-state index is -0.453. The highest BCUT2D eigenvalue weighted by Gasteiger charge is 2.34. The zero-order valence-corrected chi connectivity index (χ0v) is 17.1. The van der Waals surface area contributed by atoms with Crippen LogP contribution >= 0.6 is 0 Å². The lowest BCUT2D eigenvalue weighted by Gasteiger charge is -2.36. The number of amides is 1. The molecule has 4 rings (SSSR count). The number of carbonyl (C=O) groups is 1. The molecule has 2 atom stereocenters. The number of pyridine rings is 1. The number of hydrogen-bond donors (Lipinski definition) is 1. The van der Waals surface area contributed by atoms with Gasteiger partial charge in [-0.05, 0) is 48.7 Å². The van der Waals surface area contributed by atoms with Gasteiger partial charge in [0.15, 0.2) is 0 Å². The van der Waals surface area contributed by atoms with Gasteiger partial charge in [-0.25, -0.2) is 0 Å². The summed E-state index contributed by atoms with van der Waals surface area (Å²) in [7, 11) is 0. The standard InChI is InChI=1S/C23H30N4O2/c1-18-3-2-4-21(13-18)26-11-9-25(10-12-26)17-23(29)27-15-20(22(28)16-27)14-19-5-7-24-8-6-19/h2-8,13,20,22,28H,9-12,14-17H2,1H3/t20-,22+/m1/s1. The normalized spacial score (nSPS) is 22.8. The van der Waals surface area contributed by atoms with Gasteiger partial charge in [-0.2, -0.15) is 0 Å². The Hall–Kier alpha value is -2.44. The highest BCUT2D eigenvalue weighted by Crippen LogP contribution is 2.22. The predicted molar refractivity (Wildman–Crippen MR) is 114 cm³/mol. The van der Waals surface area contributed by atoms with Gasteiger partial charge in [-0.1, -0.05) is 12.1 Å². The van der Waals surface area contributed by atoms with Gasteiger partial charge in [0.25, 0.3) is 0 Å². The smallest absolute Gasteiger partial charge is 0.236 e. The van der Waals surface area contributed by atoms with Gasteiger partial charge in [-0.3, -0.25) is 14.7 Å². The van der Waals surface area contributed by atoms with E-state index in [2.05, 4.69) is 46.0 Å². The molecule has 1 aromatic heterocycles. The van der Waals surface area contributed by atoms with Crippen molar-refractivity contribution in [3.63, 3.8) is 0 Å². The molecule has 2 fully saturated rings. The van der Waals surface area contributed by atoms with Crippen molar-refractivity contribution in [1.82, 2.24) is 14.8 Å². The van der Waals surface area contributed by atoms with Crippen LogP contribution in [0.3, 0.4) is 0 Å². The largest absolute Gasteiger partial charge is 0.391 e. The van der Waals surface area contributed by atoms with Crippen LogP contribution in [0.25, 0.3) is 0 Å². The van der Waals surface area contributed by atoms with E-state index in [-0.39, 0.29) is 11.8 Å². The fraction of sp³-hybridized carbons (Fsp3) is 0.478. The second-order valence-corrected chi connectivity index (χ2v) is 8.29. The maximum absolute atomic E-state index is 12.8. The van der Waals surface area contributed by atoms with Crippen LogP contribution < -0.4 is 4.90 Å². The number of aliphatic hydroxyl groups is 1. The number of rotatable bonds is 5. The molecule has 1 N–H and O–H groups in total. The average molecular weight is 395 g/mol. The third-order valence-electron chi connectivity index (χ3n) is 6.10. The van der Waals surface area contributed by atoms with Gasteiger partial charge in [0, 0.05) is 63.3 Å². The maximum atomic E-state index is 12.8. The summed E-state index contributed by atoms with van der Waals surface area (Å²) in [6.07, 6.45) is 3.87. The molecule has 6 heteroatoms. The maximum Gasteiger partial charge on any atom is 0.236 e. The van der Waals surface area contributed by atoms with Crippen LogP contribution in [0.4, 0.5) is 5.69 Å². The van der Waals surface area contributed by atoms with Crippen LogP contribution in [0.15, 0.2) is 48.8 Å². The Kier molecular flexibility index (Phi) is 6.11. The fourth-order valence-corrected chi connectivity index (χ4v) is 4.36. The van der Waals surface area contributed by atoms with E-state index in [1.54, 1.807) is 12.4 Å². The summed E-state index contributed by atoms with van der Waals surface area (Å²) in [5.74, 6) is 0.227. The van der Waals surface area contributed by atoms with Crippen LogP contribution in [-0.2, 0) is 11.2 Å². The van der Waals surface area contributed by atoms with E-state index in [0.717, 1.165) is 38.2 Å². The van der Waals surface area contributed by atoms with Crippen molar-refractivity contribution in [2.24, 2.45) is 5.92 Å². The SMILES string of the molecule is Cc1cccc(N2CCN(CC(=O)N3C[C@@H](Cc4ccncc4)[C@@H](O)C3)CC2)c1. The lowest BCUT2D eigenvalue weighted by Crippen LogP contribution is -2.50. The average Bonchev–Trinajstić information content (AvgIpc) is 3.10. The number of benzene rings is 1. The van der Waals surface area contributed by atoms with Gasteiger partial charge < -0.3 is 14.9 Å². The quantitative estimate of drug-likeness (QED) is 0.834. The Morgan fingerprint density at radius 3 is 2.59 bits per heavy atom. The number of carbonyl (C=O) groups excluding carboxylic acids is 1. The first kappa shape index (κ1) is 19.9. The van der Waals surface area contributed by atoms with E-state index < -0.39 is 6.10 Å². The summed E-state index contributed by atoms with van der Waals surface area (Å²) < 4.78 is 0. The van der Waals surface area contributed by atoms with Crippen molar-refractivity contribution in [2.75, 3.05) is 50.7 Å². The topological polar surface area (TPSA) is 59.9 Å². The zero-order chi connectivity index (χ0) is 20.2. The molecule has 29 heavy (non-hydrogen) atoms. The minimum absolute atomic E-state index is 0.0968. The molecule has 2 aliphatic heterocycles. The highest BCUT2D eigenvalue weighted by molar-refractivity contribution is 5.78. The van der Waals surface area contributed by atoms with E-state index >= 15 is 0 Å². The number of nitrogens with zero attached hydrogens (tertiary/aromatic N) is 4. The molecule has 2 aliphatic rings. The molecular weight excluding hydrogens is 364 g/mol. The van der Waals surface area contributed by atoms with Crippen LogP contribution in [0, 0.1) is 12.8 Å². The molecule has 0 bridgehead atoms. The molecule has 0 spiro atoms. The monoisotopic (exact) mass is 394 g/mol. The molecule has 0 radical (unpaired) electrons. The number of likely N-dealkylation sites (tertiary alicyclic amines) is 1. The predicted octanol–water partition coefficient (Wildman–Crippen LogP) is 1.57. The van der Waals surface area contributed by atoms with Crippen LogP contribution in [0.2, 0.25) is 0 Å². The van der Waals surface area contributed by atoms with Gasteiger partial charge in [0.2, 0.25) is 5.91 Å². The second kappa shape index (κ2) is 8.93. The van der Waals surface area contributed by atoms with Crippen molar-refractivity contribution < 1.29 is 9.90 Å². The number of anilines is 1. The summed E-state index contributed by atoms with van der Waals surface area (Å²) in [6.45, 7) is 7.27. The molecule has 2 aromatic rings. The van der Waals surface area contributed by atoms with Crippen molar-refractivity contribution in [2.45, 2.75) is 19.4 Å². The number of aryl methyl sites for hydroxylation is 1. The minimum Gasteiger partial charge on any atom is -0.391 e. The van der Waals surface area contributed by atoms with Crippen LogP contribution in [0.5, 0.6) is 0 Å². The lowest BCUT2D eigenvalue weighted by molar-refractivity contribution is -0.131. The molecule has 0 unspecified atom stereocenters. The number of hydrogen-bond acceptors (Lipinski definition) is 5. The molecule has 0 aliphatic carbocycles. The molecule has 6 nitrogen and oxygen atoms in total. The van der Waals surface area contributed by atoms with Crippen LogP contribution in [0.1, 0.15) is 11.1 Å². The third-order valence-corrected chi connectivity index (χ3v) is 6.10. The Labute approximate surface area is 172 Å². The van der Waals surface area contributed by atoms with E-state index in [0.29, 0.717) is 19.6 Å². The fourth-order valence-electron chi connectivity index (χ4n) is 4.36. The first-order valence-electron chi connectivity index (χ1n) is 10.5. The van der Waals surface area contributed by atoms with Crippen molar-refractivity contribution >= 4 is 11.6 Å². The second-order valence-electron chi connectivity index (χ2n) is 8.29. The molecule has 1 aromatic carbocycles. The van der Waals surface area contributed by atoms with Gasteiger partial charge in [-0.15, -0.1) is 0 Å². The zero-order valence-electron chi connectivity index (χ0n) is 17.1. The molecular formula is C23H30N4O2. The molecule has 0 saturated carbocycles. The number of β-amino-alcohol motifs (C(OH)–C–C–N with tert-alkyl or cyclic N) is 1. The Balaban J connectivity index is 1.26. The van der Waals surface area contributed by atoms with Gasteiger partial charge >= 0.3 is 0 Å². The van der Waals surface area contributed by atoms with Gasteiger partial charge in [0.05, 0.1) is 12.6 Å². The number of piperazine rings is 1. The Morgan fingerprint density at radius 1 is 1.10 bits per heavy atom. The van der Waals surface area contributed by atoms with Crippen molar-refractivity contribution in [3.05, 3.63) is 59.9 Å². The van der Waals surface area contributed by atoms with Crippen molar-refractivity contribution in [1.29, 1.82) is 0 Å². The Morgan fingerprint density at radius 2 is 1.86 bits per heavy atom. The first-order valence-corrected chi connectivity index (χ1v) is 10.5.